The fourth-order valence-corrected chi connectivity index (χ4v) is 4.70. The first kappa shape index (κ1) is 28.8. The van der Waals surface area contributed by atoms with Gasteiger partial charge >= 0.3 is 11.9 Å². The summed E-state index contributed by atoms with van der Waals surface area (Å²) in [6.07, 6.45) is -0.708. The number of nitrogens with zero attached hydrogens (tertiary/aromatic N) is 1. The number of hydrogen-bond donors (Lipinski definition) is 0. The molecule has 0 aromatic heterocycles. The standard InChI is InChI=1S/C30H37NO8/c1-5-34-28(32)23(29(33)35-6-2)17-31-18-24(36-19-21-13-9-7-10-14-21)25-26(39-30(3,4)38-25)27(31)37-20-22-15-11-8-12-16-22/h7-17,24-27H,5-6,18-20H2,1-4H3/t24-,25-,26-,27+/m1/s1. The minimum absolute atomic E-state index is 0.113. The molecular formula is C30H37NO8. The Bertz CT molecular complexity index is 1100. The van der Waals surface area contributed by atoms with Gasteiger partial charge < -0.3 is 33.3 Å². The highest BCUT2D eigenvalue weighted by Gasteiger charge is 2.54. The first-order valence-electron chi connectivity index (χ1n) is 13.3. The monoisotopic (exact) mass is 539 g/mol. The van der Waals surface area contributed by atoms with Crippen LogP contribution in [0.25, 0.3) is 0 Å². The van der Waals surface area contributed by atoms with E-state index in [2.05, 4.69) is 0 Å². The fraction of sp³-hybridized carbons (Fsp3) is 0.467. The lowest BCUT2D eigenvalue weighted by molar-refractivity contribution is -0.185. The molecule has 9 nitrogen and oxygen atoms in total. The molecule has 2 aliphatic rings. The van der Waals surface area contributed by atoms with E-state index < -0.39 is 42.3 Å². The molecule has 0 aliphatic carbocycles. The highest BCUT2D eigenvalue weighted by molar-refractivity contribution is 6.13. The first-order valence-corrected chi connectivity index (χ1v) is 13.3. The minimum atomic E-state index is -0.886. The summed E-state index contributed by atoms with van der Waals surface area (Å²) in [4.78, 5) is 27.4. The lowest BCUT2D eigenvalue weighted by atomic mass is 9.99. The Balaban J connectivity index is 1.67. The normalized spacial score (nSPS) is 23.5. The van der Waals surface area contributed by atoms with Gasteiger partial charge in [0.15, 0.2) is 17.6 Å². The van der Waals surface area contributed by atoms with Gasteiger partial charge in [0.1, 0.15) is 18.3 Å². The molecule has 2 heterocycles. The molecule has 4 atom stereocenters. The second-order valence-electron chi connectivity index (χ2n) is 9.77. The molecule has 0 N–H and O–H groups in total. The summed E-state index contributed by atoms with van der Waals surface area (Å²) >= 11 is 0. The molecule has 2 aromatic rings. The van der Waals surface area contributed by atoms with Gasteiger partial charge in [-0.15, -0.1) is 0 Å². The topological polar surface area (TPSA) is 92.8 Å². The number of esters is 2. The predicted octanol–water partition coefficient (Wildman–Crippen LogP) is 3.96. The van der Waals surface area contributed by atoms with Crippen LogP contribution in [0.4, 0.5) is 0 Å². The van der Waals surface area contributed by atoms with Crippen LogP contribution in [-0.2, 0) is 51.2 Å². The van der Waals surface area contributed by atoms with E-state index in [4.69, 9.17) is 28.4 Å². The number of fused-ring (bicyclic) bond motifs is 1. The van der Waals surface area contributed by atoms with Crippen molar-refractivity contribution in [3.63, 3.8) is 0 Å². The summed E-state index contributed by atoms with van der Waals surface area (Å²) in [7, 11) is 0. The van der Waals surface area contributed by atoms with Crippen molar-refractivity contribution >= 4 is 11.9 Å². The van der Waals surface area contributed by atoms with Crippen LogP contribution in [0.5, 0.6) is 0 Å². The average Bonchev–Trinajstić information content (AvgIpc) is 3.26. The van der Waals surface area contributed by atoms with E-state index in [-0.39, 0.29) is 31.9 Å². The summed E-state index contributed by atoms with van der Waals surface area (Å²) < 4.78 is 35.7. The zero-order valence-corrected chi connectivity index (χ0v) is 22.9. The van der Waals surface area contributed by atoms with Gasteiger partial charge in [0, 0.05) is 12.7 Å². The lowest BCUT2D eigenvalue weighted by Gasteiger charge is -2.44. The van der Waals surface area contributed by atoms with Crippen LogP contribution in [0.3, 0.4) is 0 Å². The highest BCUT2D eigenvalue weighted by atomic mass is 16.8. The molecule has 4 rings (SSSR count). The molecule has 0 bridgehead atoms. The quantitative estimate of drug-likeness (QED) is 0.182. The molecule has 39 heavy (non-hydrogen) atoms. The maximum absolute atomic E-state index is 12.8. The van der Waals surface area contributed by atoms with Gasteiger partial charge in [-0.25, -0.2) is 9.59 Å². The van der Waals surface area contributed by atoms with Crippen molar-refractivity contribution in [3.8, 4) is 0 Å². The number of likely N-dealkylation sites (tertiary alicyclic amines) is 1. The molecule has 2 aliphatic heterocycles. The Labute approximate surface area is 229 Å². The van der Waals surface area contributed by atoms with Crippen LogP contribution in [0.2, 0.25) is 0 Å². The van der Waals surface area contributed by atoms with Gasteiger partial charge in [-0.2, -0.15) is 0 Å². The maximum Gasteiger partial charge on any atom is 0.347 e. The van der Waals surface area contributed by atoms with E-state index in [1.54, 1.807) is 18.7 Å². The fourth-order valence-electron chi connectivity index (χ4n) is 4.70. The number of benzene rings is 2. The van der Waals surface area contributed by atoms with Crippen LogP contribution < -0.4 is 0 Å². The van der Waals surface area contributed by atoms with Crippen LogP contribution in [0.1, 0.15) is 38.8 Å². The number of rotatable bonds is 11. The van der Waals surface area contributed by atoms with E-state index in [1.807, 2.05) is 74.5 Å². The zero-order chi connectivity index (χ0) is 27.8. The minimum Gasteiger partial charge on any atom is -0.462 e. The van der Waals surface area contributed by atoms with E-state index in [0.717, 1.165) is 11.1 Å². The number of hydrogen-bond acceptors (Lipinski definition) is 9. The summed E-state index contributed by atoms with van der Waals surface area (Å²) in [6, 6.07) is 19.6. The molecular weight excluding hydrogens is 502 g/mol. The molecule has 0 unspecified atom stereocenters. The average molecular weight is 540 g/mol. The van der Waals surface area contributed by atoms with Crippen molar-refractivity contribution < 1.29 is 38.0 Å². The number of piperidine rings is 1. The molecule has 0 saturated carbocycles. The SMILES string of the molecule is CCOC(=O)C(=CN1C[C@@H](OCc2ccccc2)[C@H]2OC(C)(C)O[C@H]2[C@@H]1OCc1ccccc1)C(=O)OCC. The Morgan fingerprint density at radius 1 is 0.846 bits per heavy atom. The van der Waals surface area contributed by atoms with Gasteiger partial charge in [-0.05, 0) is 38.8 Å². The van der Waals surface area contributed by atoms with Crippen molar-refractivity contribution in [1.29, 1.82) is 0 Å². The summed E-state index contributed by atoms with van der Waals surface area (Å²) in [5.74, 6) is -2.43. The largest absolute Gasteiger partial charge is 0.462 e. The van der Waals surface area contributed by atoms with Gasteiger partial charge in [0.25, 0.3) is 0 Å². The van der Waals surface area contributed by atoms with Crippen LogP contribution >= 0.6 is 0 Å². The Morgan fingerprint density at radius 3 is 1.90 bits per heavy atom. The molecule has 0 radical (unpaired) electrons. The third kappa shape index (κ3) is 7.45. The first-order chi connectivity index (χ1) is 18.8. The summed E-state index contributed by atoms with van der Waals surface area (Å²) in [6.45, 7) is 8.18. The molecule has 2 aromatic carbocycles. The van der Waals surface area contributed by atoms with Crippen molar-refractivity contribution in [3.05, 3.63) is 83.6 Å². The Hall–Kier alpha value is -3.24. The summed E-state index contributed by atoms with van der Waals surface area (Å²) in [5.41, 5.74) is 1.75. The maximum atomic E-state index is 12.8. The van der Waals surface area contributed by atoms with Gasteiger partial charge in [0.2, 0.25) is 0 Å². The second kappa shape index (κ2) is 13.2. The molecule has 9 heteroatoms. The Kier molecular flexibility index (Phi) is 9.74. The van der Waals surface area contributed by atoms with Crippen LogP contribution in [-0.4, -0.2) is 66.9 Å². The second-order valence-corrected chi connectivity index (χ2v) is 9.77. The van der Waals surface area contributed by atoms with Gasteiger partial charge in [-0.3, -0.25) is 0 Å². The van der Waals surface area contributed by atoms with Crippen molar-refractivity contribution in [1.82, 2.24) is 4.90 Å². The number of carbonyl (C=O) groups excluding carboxylic acids is 2. The number of carbonyl (C=O) groups is 2. The van der Waals surface area contributed by atoms with E-state index in [0.29, 0.717) is 6.61 Å². The molecule has 2 saturated heterocycles. The van der Waals surface area contributed by atoms with Crippen molar-refractivity contribution in [2.45, 2.75) is 71.2 Å². The number of ether oxygens (including phenoxy) is 6. The lowest BCUT2D eigenvalue weighted by Crippen LogP contribution is -2.60. The van der Waals surface area contributed by atoms with Gasteiger partial charge in [-0.1, -0.05) is 60.7 Å². The zero-order valence-electron chi connectivity index (χ0n) is 22.9. The third-order valence-corrected chi connectivity index (χ3v) is 6.38. The van der Waals surface area contributed by atoms with Crippen molar-refractivity contribution in [2.24, 2.45) is 0 Å². The summed E-state index contributed by atoms with van der Waals surface area (Å²) in [5, 5.41) is 0. The molecule has 0 amide bonds. The van der Waals surface area contributed by atoms with E-state index >= 15 is 0 Å². The van der Waals surface area contributed by atoms with Crippen molar-refractivity contribution in [2.75, 3.05) is 19.8 Å². The Morgan fingerprint density at radius 2 is 1.36 bits per heavy atom. The molecule has 210 valence electrons. The highest BCUT2D eigenvalue weighted by Crippen LogP contribution is 2.39. The van der Waals surface area contributed by atoms with Crippen LogP contribution in [0.15, 0.2) is 72.4 Å². The smallest absolute Gasteiger partial charge is 0.347 e. The van der Waals surface area contributed by atoms with E-state index in [9.17, 15) is 9.59 Å². The van der Waals surface area contributed by atoms with Crippen LogP contribution in [0, 0.1) is 0 Å². The third-order valence-electron chi connectivity index (χ3n) is 6.38. The molecule has 2 fully saturated rings. The molecule has 0 spiro atoms. The van der Waals surface area contributed by atoms with Gasteiger partial charge in [0.05, 0.1) is 26.4 Å². The predicted molar refractivity (Wildman–Crippen MR) is 142 cm³/mol. The van der Waals surface area contributed by atoms with E-state index in [1.165, 1.54) is 6.20 Å².